The summed E-state index contributed by atoms with van der Waals surface area (Å²) in [6.45, 7) is 4.11. The molecule has 18 heavy (non-hydrogen) atoms. The minimum Gasteiger partial charge on any atom is -0.339 e. The van der Waals surface area contributed by atoms with Gasteiger partial charge in [0.05, 0.1) is 5.54 Å². The molecule has 3 rings (SSSR count). The number of piperidine rings is 1. The highest BCUT2D eigenvalue weighted by atomic mass is 16.5. The SMILES string of the molecule is CC(C)c1nc(C2(N)CC3CCC(C2)N3C)no1. The van der Waals surface area contributed by atoms with Gasteiger partial charge in [-0.15, -0.1) is 0 Å². The minimum atomic E-state index is -0.394. The zero-order valence-electron chi connectivity index (χ0n) is 11.4. The van der Waals surface area contributed by atoms with Crippen molar-refractivity contribution < 1.29 is 4.52 Å². The van der Waals surface area contributed by atoms with E-state index in [0.717, 1.165) is 12.8 Å². The van der Waals surface area contributed by atoms with Gasteiger partial charge in [-0.2, -0.15) is 4.98 Å². The molecule has 2 aliphatic rings. The fraction of sp³-hybridized carbons (Fsp3) is 0.846. The summed E-state index contributed by atoms with van der Waals surface area (Å²) in [4.78, 5) is 6.97. The van der Waals surface area contributed by atoms with E-state index in [2.05, 4.69) is 35.9 Å². The van der Waals surface area contributed by atoms with E-state index < -0.39 is 5.54 Å². The molecule has 0 saturated carbocycles. The molecule has 2 aliphatic heterocycles. The highest BCUT2D eigenvalue weighted by Gasteiger charge is 2.48. The van der Waals surface area contributed by atoms with Crippen molar-refractivity contribution in [2.75, 3.05) is 7.05 Å². The van der Waals surface area contributed by atoms with E-state index in [1.54, 1.807) is 0 Å². The molecular formula is C13H22N4O. The Labute approximate surface area is 108 Å². The Kier molecular flexibility index (Phi) is 2.71. The number of aromatic nitrogens is 2. The van der Waals surface area contributed by atoms with Crippen LogP contribution in [0, 0.1) is 0 Å². The summed E-state index contributed by atoms with van der Waals surface area (Å²) < 4.78 is 5.31. The van der Waals surface area contributed by atoms with Crippen molar-refractivity contribution in [1.82, 2.24) is 15.0 Å². The fourth-order valence-corrected chi connectivity index (χ4v) is 3.36. The number of nitrogens with two attached hydrogens (primary N) is 1. The minimum absolute atomic E-state index is 0.262. The van der Waals surface area contributed by atoms with Gasteiger partial charge >= 0.3 is 0 Å². The summed E-state index contributed by atoms with van der Waals surface area (Å²) >= 11 is 0. The van der Waals surface area contributed by atoms with E-state index in [4.69, 9.17) is 10.3 Å². The van der Waals surface area contributed by atoms with Crippen LogP contribution in [-0.4, -0.2) is 34.2 Å². The van der Waals surface area contributed by atoms with Gasteiger partial charge in [-0.3, -0.25) is 0 Å². The molecule has 2 atom stereocenters. The molecular weight excluding hydrogens is 228 g/mol. The van der Waals surface area contributed by atoms with Crippen LogP contribution in [0.4, 0.5) is 0 Å². The van der Waals surface area contributed by atoms with Gasteiger partial charge in [-0.25, -0.2) is 0 Å². The zero-order valence-corrected chi connectivity index (χ0v) is 11.4. The van der Waals surface area contributed by atoms with Crippen LogP contribution < -0.4 is 5.73 Å². The molecule has 2 N–H and O–H groups in total. The molecule has 2 bridgehead atoms. The molecule has 100 valence electrons. The van der Waals surface area contributed by atoms with Crippen molar-refractivity contribution in [1.29, 1.82) is 0 Å². The molecule has 2 unspecified atom stereocenters. The lowest BCUT2D eigenvalue weighted by molar-refractivity contribution is 0.106. The van der Waals surface area contributed by atoms with Crippen molar-refractivity contribution in [2.24, 2.45) is 5.73 Å². The van der Waals surface area contributed by atoms with Crippen LogP contribution in [0.15, 0.2) is 4.52 Å². The second kappa shape index (κ2) is 4.03. The summed E-state index contributed by atoms with van der Waals surface area (Å²) in [5, 5.41) is 4.12. The molecule has 3 heterocycles. The van der Waals surface area contributed by atoms with Gasteiger partial charge < -0.3 is 15.2 Å². The third-order valence-electron chi connectivity index (χ3n) is 4.57. The van der Waals surface area contributed by atoms with E-state index in [1.807, 2.05) is 0 Å². The van der Waals surface area contributed by atoms with Crippen LogP contribution in [0.3, 0.4) is 0 Å². The van der Waals surface area contributed by atoms with Gasteiger partial charge in [0.2, 0.25) is 5.89 Å². The number of fused-ring (bicyclic) bond motifs is 2. The maximum absolute atomic E-state index is 6.57. The maximum atomic E-state index is 6.57. The second-order valence-electron chi connectivity index (χ2n) is 6.23. The standard InChI is InChI=1S/C13H22N4O/c1-8(2)11-15-12(16-18-11)13(14)6-9-4-5-10(7-13)17(9)3/h8-10H,4-7,14H2,1-3H3. The third-order valence-corrected chi connectivity index (χ3v) is 4.57. The predicted molar refractivity (Wildman–Crippen MR) is 68.1 cm³/mol. The van der Waals surface area contributed by atoms with Gasteiger partial charge in [-0.05, 0) is 32.7 Å². The van der Waals surface area contributed by atoms with Crippen LogP contribution in [0.25, 0.3) is 0 Å². The summed E-state index contributed by atoms with van der Waals surface area (Å²) in [6.07, 6.45) is 4.37. The molecule has 5 heteroatoms. The van der Waals surface area contributed by atoms with Gasteiger partial charge in [0, 0.05) is 18.0 Å². The monoisotopic (exact) mass is 250 g/mol. The van der Waals surface area contributed by atoms with Gasteiger partial charge in [0.25, 0.3) is 0 Å². The van der Waals surface area contributed by atoms with Crippen LogP contribution in [0.5, 0.6) is 0 Å². The van der Waals surface area contributed by atoms with Gasteiger partial charge in [0.15, 0.2) is 5.82 Å². The van der Waals surface area contributed by atoms with Crippen LogP contribution in [0.2, 0.25) is 0 Å². The van der Waals surface area contributed by atoms with Crippen molar-refractivity contribution in [2.45, 2.75) is 63.1 Å². The summed E-state index contributed by atoms with van der Waals surface area (Å²) in [5.41, 5.74) is 6.17. The Morgan fingerprint density at radius 1 is 1.33 bits per heavy atom. The average Bonchev–Trinajstić information content (AvgIpc) is 2.87. The van der Waals surface area contributed by atoms with E-state index >= 15 is 0 Å². The van der Waals surface area contributed by atoms with Crippen LogP contribution in [0.1, 0.15) is 57.2 Å². The molecule has 0 spiro atoms. The fourth-order valence-electron chi connectivity index (χ4n) is 3.36. The Bertz CT molecular complexity index is 428. The van der Waals surface area contributed by atoms with E-state index in [1.165, 1.54) is 12.8 Å². The quantitative estimate of drug-likeness (QED) is 0.863. The lowest BCUT2D eigenvalue weighted by Gasteiger charge is -2.41. The predicted octanol–water partition coefficient (Wildman–Crippen LogP) is 1.60. The number of nitrogens with zero attached hydrogens (tertiary/aromatic N) is 3. The molecule has 2 saturated heterocycles. The number of rotatable bonds is 2. The van der Waals surface area contributed by atoms with Gasteiger partial charge in [-0.1, -0.05) is 19.0 Å². The van der Waals surface area contributed by atoms with E-state index in [9.17, 15) is 0 Å². The molecule has 0 aliphatic carbocycles. The molecule has 0 radical (unpaired) electrons. The van der Waals surface area contributed by atoms with Crippen LogP contribution in [-0.2, 0) is 5.54 Å². The molecule has 1 aromatic rings. The summed E-state index contributed by atoms with van der Waals surface area (Å²) in [7, 11) is 2.21. The zero-order chi connectivity index (χ0) is 12.9. The number of hydrogen-bond donors (Lipinski definition) is 1. The molecule has 2 fully saturated rings. The summed E-state index contributed by atoms with van der Waals surface area (Å²) in [6, 6.07) is 1.16. The Balaban J connectivity index is 1.86. The van der Waals surface area contributed by atoms with Crippen molar-refractivity contribution in [3.63, 3.8) is 0 Å². The first-order chi connectivity index (χ1) is 8.49. The van der Waals surface area contributed by atoms with Crippen molar-refractivity contribution in [3.8, 4) is 0 Å². The summed E-state index contributed by atoms with van der Waals surface area (Å²) in [5.74, 6) is 1.66. The topological polar surface area (TPSA) is 68.2 Å². The van der Waals surface area contributed by atoms with E-state index in [-0.39, 0.29) is 5.92 Å². The lowest BCUT2D eigenvalue weighted by atomic mass is 9.83. The normalized spacial score (nSPS) is 36.5. The molecule has 5 nitrogen and oxygen atoms in total. The highest BCUT2D eigenvalue weighted by Crippen LogP contribution is 2.42. The van der Waals surface area contributed by atoms with Crippen molar-refractivity contribution in [3.05, 3.63) is 11.7 Å². The lowest BCUT2D eigenvalue weighted by Crippen LogP contribution is -2.52. The Morgan fingerprint density at radius 3 is 2.44 bits per heavy atom. The first-order valence-corrected chi connectivity index (χ1v) is 6.84. The first-order valence-electron chi connectivity index (χ1n) is 6.84. The van der Waals surface area contributed by atoms with Crippen LogP contribution >= 0.6 is 0 Å². The number of hydrogen-bond acceptors (Lipinski definition) is 5. The molecule has 0 amide bonds. The largest absolute Gasteiger partial charge is 0.339 e. The average molecular weight is 250 g/mol. The maximum Gasteiger partial charge on any atom is 0.229 e. The van der Waals surface area contributed by atoms with Crippen molar-refractivity contribution >= 4 is 0 Å². The smallest absolute Gasteiger partial charge is 0.229 e. The molecule has 1 aromatic heterocycles. The highest BCUT2D eigenvalue weighted by molar-refractivity contribution is 5.12. The second-order valence-corrected chi connectivity index (χ2v) is 6.23. The third kappa shape index (κ3) is 1.77. The molecule has 0 aromatic carbocycles. The van der Waals surface area contributed by atoms with Gasteiger partial charge in [0.1, 0.15) is 0 Å². The Hall–Kier alpha value is -0.940. The first kappa shape index (κ1) is 12.1. The Morgan fingerprint density at radius 2 is 1.94 bits per heavy atom. The van der Waals surface area contributed by atoms with E-state index in [0.29, 0.717) is 23.8 Å².